The molecule has 0 fully saturated rings. The van der Waals surface area contributed by atoms with Crippen molar-refractivity contribution in [2.75, 3.05) is 0 Å². The number of rotatable bonds is 2. The number of nitrogens with zero attached hydrogens (tertiary/aromatic N) is 1. The number of benzene rings is 3. The lowest BCUT2D eigenvalue weighted by molar-refractivity contribution is -0.651. The molecule has 2 heteroatoms. The molecule has 0 aliphatic heterocycles. The average Bonchev–Trinajstić information content (AvgIpc) is 2.59. The number of halogens is 1. The van der Waals surface area contributed by atoms with Crippen LogP contribution in [-0.2, 0) is 13.5 Å². The van der Waals surface area contributed by atoms with Crippen LogP contribution in [0.2, 0.25) is 0 Å². The molecule has 0 bridgehead atoms. The normalized spacial score (nSPS) is 10.7. The van der Waals surface area contributed by atoms with Crippen LogP contribution in [0.15, 0.2) is 78.9 Å². The molecule has 114 valence electrons. The van der Waals surface area contributed by atoms with Crippen molar-refractivity contribution in [1.82, 2.24) is 0 Å². The summed E-state index contributed by atoms with van der Waals surface area (Å²) in [5.41, 5.74) is 3.99. The van der Waals surface area contributed by atoms with Gasteiger partial charge in [0.15, 0.2) is 5.69 Å². The van der Waals surface area contributed by atoms with Crippen molar-refractivity contribution < 1.29 is 17.0 Å². The zero-order chi connectivity index (χ0) is 14.9. The van der Waals surface area contributed by atoms with Crippen LogP contribution in [0.4, 0.5) is 0 Å². The molecule has 1 aromatic heterocycles. The third kappa shape index (κ3) is 2.69. The van der Waals surface area contributed by atoms with Gasteiger partial charge in [0.1, 0.15) is 7.05 Å². The van der Waals surface area contributed by atoms with Gasteiger partial charge in [-0.05, 0) is 17.7 Å². The topological polar surface area (TPSA) is 3.88 Å². The minimum absolute atomic E-state index is 0. The number of fused-ring (bicyclic) bond motifs is 3. The van der Waals surface area contributed by atoms with E-state index in [0.717, 1.165) is 6.42 Å². The maximum Gasteiger partial charge on any atom is 0.213 e. The Balaban J connectivity index is 0.00000156. The highest BCUT2D eigenvalue weighted by molar-refractivity contribution is 6.04. The first-order chi connectivity index (χ1) is 10.8. The molecule has 0 atom stereocenters. The summed E-state index contributed by atoms with van der Waals surface area (Å²) in [6.45, 7) is 0. The van der Waals surface area contributed by atoms with Crippen LogP contribution in [0.5, 0.6) is 0 Å². The predicted molar refractivity (Wildman–Crippen MR) is 91.9 cm³/mol. The van der Waals surface area contributed by atoms with Gasteiger partial charge >= 0.3 is 0 Å². The first-order valence-electron chi connectivity index (χ1n) is 7.67. The summed E-state index contributed by atoms with van der Waals surface area (Å²) in [5, 5.41) is 3.99. The molecule has 1 heterocycles. The summed E-state index contributed by atoms with van der Waals surface area (Å²) in [4.78, 5) is 0. The van der Waals surface area contributed by atoms with E-state index < -0.39 is 0 Å². The Hall–Kier alpha value is -2.38. The molecule has 0 aliphatic rings. The Bertz CT molecular complexity index is 961. The smallest absolute Gasteiger partial charge is 0.213 e. The minimum Gasteiger partial charge on any atom is -1.00 e. The lowest BCUT2D eigenvalue weighted by Crippen LogP contribution is -3.00. The Kier molecular flexibility index (Phi) is 4.31. The molecule has 3 aromatic carbocycles. The second-order valence-corrected chi connectivity index (χ2v) is 5.73. The predicted octanol–water partition coefficient (Wildman–Crippen LogP) is 1.41. The molecular formula is C21H18ClN. The zero-order valence-electron chi connectivity index (χ0n) is 13.0. The monoisotopic (exact) mass is 319 g/mol. The molecule has 23 heavy (non-hydrogen) atoms. The maximum absolute atomic E-state index is 2.34. The van der Waals surface area contributed by atoms with Gasteiger partial charge in [-0.1, -0.05) is 60.7 Å². The van der Waals surface area contributed by atoms with Gasteiger partial charge in [0, 0.05) is 16.8 Å². The van der Waals surface area contributed by atoms with E-state index >= 15 is 0 Å². The SMILES string of the molecule is C[n+]1c(Cc2ccccc2)c2ccccc2c2ccccc21.[Cl-]. The third-order valence-electron chi connectivity index (χ3n) is 4.41. The molecule has 0 spiro atoms. The first-order valence-corrected chi connectivity index (χ1v) is 7.67. The summed E-state index contributed by atoms with van der Waals surface area (Å²) in [6.07, 6.45) is 0.947. The van der Waals surface area contributed by atoms with Gasteiger partial charge < -0.3 is 12.4 Å². The third-order valence-corrected chi connectivity index (χ3v) is 4.41. The van der Waals surface area contributed by atoms with Gasteiger partial charge in [-0.25, -0.2) is 0 Å². The molecule has 0 amide bonds. The van der Waals surface area contributed by atoms with Crippen molar-refractivity contribution in [2.45, 2.75) is 6.42 Å². The van der Waals surface area contributed by atoms with Crippen molar-refractivity contribution in [3.63, 3.8) is 0 Å². The van der Waals surface area contributed by atoms with E-state index in [9.17, 15) is 0 Å². The molecule has 0 saturated heterocycles. The fourth-order valence-electron chi connectivity index (χ4n) is 3.29. The number of aryl methyl sites for hydroxylation is 1. The minimum atomic E-state index is 0. The fourth-order valence-corrected chi connectivity index (χ4v) is 3.29. The van der Waals surface area contributed by atoms with Gasteiger partial charge in [0.2, 0.25) is 5.52 Å². The summed E-state index contributed by atoms with van der Waals surface area (Å²) >= 11 is 0. The Morgan fingerprint density at radius 1 is 0.652 bits per heavy atom. The molecule has 0 N–H and O–H groups in total. The van der Waals surface area contributed by atoms with Crippen LogP contribution < -0.4 is 17.0 Å². The van der Waals surface area contributed by atoms with Gasteiger partial charge in [0.05, 0.1) is 11.8 Å². The molecule has 0 unspecified atom stereocenters. The standard InChI is InChI=1S/C21H18N.ClH/c1-22-20-14-8-7-12-18(20)17-11-5-6-13-19(17)21(22)15-16-9-3-2-4-10-16;/h2-14H,15H2,1H3;1H/q+1;/p-1. The van der Waals surface area contributed by atoms with Crippen LogP contribution in [0.3, 0.4) is 0 Å². The molecule has 0 aliphatic carbocycles. The second-order valence-electron chi connectivity index (χ2n) is 5.73. The van der Waals surface area contributed by atoms with Gasteiger partial charge in [-0.2, -0.15) is 4.57 Å². The number of hydrogen-bond donors (Lipinski definition) is 0. The van der Waals surface area contributed by atoms with E-state index in [4.69, 9.17) is 0 Å². The van der Waals surface area contributed by atoms with Crippen molar-refractivity contribution >= 4 is 21.7 Å². The lowest BCUT2D eigenvalue weighted by atomic mass is 9.99. The van der Waals surface area contributed by atoms with Crippen molar-refractivity contribution in [1.29, 1.82) is 0 Å². The van der Waals surface area contributed by atoms with Crippen LogP contribution in [0.25, 0.3) is 21.7 Å². The van der Waals surface area contributed by atoms with Crippen LogP contribution in [-0.4, -0.2) is 0 Å². The van der Waals surface area contributed by atoms with Crippen molar-refractivity contribution in [2.24, 2.45) is 7.05 Å². The highest BCUT2D eigenvalue weighted by Crippen LogP contribution is 2.26. The van der Waals surface area contributed by atoms with E-state index in [1.807, 2.05) is 0 Å². The summed E-state index contributed by atoms with van der Waals surface area (Å²) < 4.78 is 2.34. The summed E-state index contributed by atoms with van der Waals surface area (Å²) in [7, 11) is 2.17. The van der Waals surface area contributed by atoms with Crippen molar-refractivity contribution in [3.05, 3.63) is 90.1 Å². The zero-order valence-corrected chi connectivity index (χ0v) is 13.8. The lowest BCUT2D eigenvalue weighted by Gasteiger charge is -2.09. The number of para-hydroxylation sites is 1. The number of pyridine rings is 1. The molecule has 0 radical (unpaired) electrons. The molecule has 4 aromatic rings. The largest absolute Gasteiger partial charge is 1.00 e. The summed E-state index contributed by atoms with van der Waals surface area (Å²) in [6, 6.07) is 28.1. The number of hydrogen-bond acceptors (Lipinski definition) is 0. The molecule has 0 saturated carbocycles. The second kappa shape index (κ2) is 6.39. The highest BCUT2D eigenvalue weighted by Gasteiger charge is 2.18. The molecular weight excluding hydrogens is 302 g/mol. The van der Waals surface area contributed by atoms with Gasteiger partial charge in [-0.3, -0.25) is 0 Å². The van der Waals surface area contributed by atoms with E-state index in [-0.39, 0.29) is 12.4 Å². The summed E-state index contributed by atoms with van der Waals surface area (Å²) in [5.74, 6) is 0. The van der Waals surface area contributed by atoms with E-state index in [0.29, 0.717) is 0 Å². The fraction of sp³-hybridized carbons (Fsp3) is 0.0952. The maximum atomic E-state index is 2.34. The Labute approximate surface area is 142 Å². The van der Waals surface area contributed by atoms with Crippen LogP contribution in [0.1, 0.15) is 11.3 Å². The Morgan fingerprint density at radius 2 is 1.22 bits per heavy atom. The average molecular weight is 320 g/mol. The first kappa shape index (κ1) is 15.5. The van der Waals surface area contributed by atoms with Crippen LogP contribution >= 0.6 is 0 Å². The van der Waals surface area contributed by atoms with E-state index in [1.54, 1.807) is 0 Å². The quantitative estimate of drug-likeness (QED) is 0.388. The van der Waals surface area contributed by atoms with E-state index in [1.165, 1.54) is 32.9 Å². The van der Waals surface area contributed by atoms with Crippen molar-refractivity contribution in [3.8, 4) is 0 Å². The molecule has 4 rings (SSSR count). The van der Waals surface area contributed by atoms with Crippen LogP contribution in [0, 0.1) is 0 Å². The highest BCUT2D eigenvalue weighted by atomic mass is 35.5. The van der Waals surface area contributed by atoms with E-state index in [2.05, 4.69) is 90.5 Å². The van der Waals surface area contributed by atoms with Gasteiger partial charge in [-0.15, -0.1) is 0 Å². The van der Waals surface area contributed by atoms with Gasteiger partial charge in [0.25, 0.3) is 0 Å². The number of aromatic nitrogens is 1. The Morgan fingerprint density at radius 3 is 1.96 bits per heavy atom. The molecule has 1 nitrogen and oxygen atoms in total.